The Morgan fingerprint density at radius 1 is 0.438 bits per heavy atom. The fourth-order valence-corrected chi connectivity index (χ4v) is 13.1. The average molecular weight is 853 g/mol. The van der Waals surface area contributed by atoms with Crippen LogP contribution in [0.2, 0.25) is 0 Å². The Balaban J connectivity index is 0.867. The highest BCUT2D eigenvalue weighted by atomic mass is 32.2. The summed E-state index contributed by atoms with van der Waals surface area (Å²) < 4.78 is 5.10. The molecule has 4 heteroatoms. The van der Waals surface area contributed by atoms with Gasteiger partial charge in [0.25, 0.3) is 0 Å². The van der Waals surface area contributed by atoms with Gasteiger partial charge in [0.15, 0.2) is 0 Å². The zero-order valence-electron chi connectivity index (χ0n) is 34.8. The molecule has 0 saturated carbocycles. The van der Waals surface area contributed by atoms with E-state index in [0.29, 0.717) is 11.2 Å². The van der Waals surface area contributed by atoms with E-state index in [4.69, 9.17) is 0 Å². The molecule has 2 aliphatic rings. The molecule has 3 heterocycles. The van der Waals surface area contributed by atoms with E-state index < -0.39 is 0 Å². The van der Waals surface area contributed by atoms with Gasteiger partial charge in [-0.05, 0) is 111 Å². The van der Waals surface area contributed by atoms with Gasteiger partial charge in [0.1, 0.15) is 0 Å². The highest BCUT2D eigenvalue weighted by molar-refractivity contribution is 8.00. The van der Waals surface area contributed by atoms with Crippen molar-refractivity contribution in [3.63, 3.8) is 0 Å². The standard InChI is InChI=1S/C60H40N2S2/c1-3-13-39(14-4-1)40-25-31-44(32-26-40)61(45-33-27-41(28-34-45)47-19-11-21-50-49-17-8-10-24-56(49)63-58(47)50)46-35-29-42(30-36-46)48-20-12-22-51-52-37-38-55-57(60(52)64-59(48)51)53-18-7-9-23-54(53)62(55)43-15-5-2-6-16-43/h1-38,52,60H. The van der Waals surface area contributed by atoms with Gasteiger partial charge >= 0.3 is 0 Å². The summed E-state index contributed by atoms with van der Waals surface area (Å²) in [6.45, 7) is 0. The van der Waals surface area contributed by atoms with Crippen LogP contribution in [0.25, 0.3) is 76.2 Å². The molecule has 2 aromatic heterocycles. The van der Waals surface area contributed by atoms with Gasteiger partial charge in [0.2, 0.25) is 0 Å². The summed E-state index contributed by atoms with van der Waals surface area (Å²) in [4.78, 5) is 3.77. The molecule has 2 atom stereocenters. The van der Waals surface area contributed by atoms with E-state index in [1.54, 1.807) is 0 Å². The third kappa shape index (κ3) is 6.01. The van der Waals surface area contributed by atoms with Crippen LogP contribution in [0, 0.1) is 0 Å². The number of benzene rings is 9. The van der Waals surface area contributed by atoms with Crippen molar-refractivity contribution in [2.24, 2.45) is 0 Å². The fraction of sp³-hybridized carbons (Fsp3) is 0.0333. The lowest BCUT2D eigenvalue weighted by Crippen LogP contribution is -2.09. The Kier molecular flexibility index (Phi) is 8.82. The van der Waals surface area contributed by atoms with Gasteiger partial charge in [-0.1, -0.05) is 164 Å². The number of fused-ring (bicyclic) bond motifs is 10. The number of thiophene rings is 1. The molecular weight excluding hydrogens is 813 g/mol. The largest absolute Gasteiger partial charge is 0.311 e. The summed E-state index contributed by atoms with van der Waals surface area (Å²) in [5.74, 6) is 0.310. The molecule has 0 spiro atoms. The van der Waals surface area contributed by atoms with Gasteiger partial charge in [0, 0.05) is 64.4 Å². The van der Waals surface area contributed by atoms with Crippen LogP contribution in [0.3, 0.4) is 0 Å². The zero-order chi connectivity index (χ0) is 42.1. The SMILES string of the molecule is C1=CC2c3cccc(-c4ccc(N(c5ccc(-c6ccccc6)cc5)c5ccc(-c6cccc7c6sc6ccccc67)cc5)cc4)c3SC2c2c1n(-c1ccccc1)c1ccccc21. The normalized spacial score (nSPS) is 15.1. The van der Waals surface area contributed by atoms with Crippen LogP contribution in [-0.4, -0.2) is 4.57 Å². The van der Waals surface area contributed by atoms with Crippen molar-refractivity contribution in [3.05, 3.63) is 241 Å². The molecule has 302 valence electrons. The van der Waals surface area contributed by atoms with Crippen molar-refractivity contribution in [2.75, 3.05) is 4.90 Å². The second-order valence-electron chi connectivity index (χ2n) is 16.8. The minimum absolute atomic E-state index is 0.300. The smallest absolute Gasteiger partial charge is 0.0538 e. The predicted molar refractivity (Wildman–Crippen MR) is 274 cm³/mol. The number of para-hydroxylation sites is 2. The van der Waals surface area contributed by atoms with Crippen molar-refractivity contribution < 1.29 is 0 Å². The molecule has 1 aliphatic carbocycles. The molecule has 2 unspecified atom stereocenters. The first kappa shape index (κ1) is 37.2. The molecule has 9 aromatic carbocycles. The molecule has 2 nitrogen and oxygen atoms in total. The Labute approximate surface area is 381 Å². The Morgan fingerprint density at radius 2 is 1.00 bits per heavy atom. The zero-order valence-corrected chi connectivity index (χ0v) is 36.4. The third-order valence-electron chi connectivity index (χ3n) is 13.2. The lowest BCUT2D eigenvalue weighted by atomic mass is 9.85. The van der Waals surface area contributed by atoms with Gasteiger partial charge in [-0.3, -0.25) is 0 Å². The molecule has 0 fully saturated rings. The fourth-order valence-electron chi connectivity index (χ4n) is 10.2. The summed E-state index contributed by atoms with van der Waals surface area (Å²) >= 11 is 3.92. The molecule has 1 aliphatic heterocycles. The quantitative estimate of drug-likeness (QED) is 0.158. The number of aromatic nitrogens is 1. The summed E-state index contributed by atoms with van der Waals surface area (Å²) in [7, 11) is 0. The highest BCUT2D eigenvalue weighted by Crippen LogP contribution is 2.61. The van der Waals surface area contributed by atoms with E-state index in [2.05, 4.69) is 240 Å². The van der Waals surface area contributed by atoms with Crippen molar-refractivity contribution in [3.8, 4) is 39.1 Å². The van der Waals surface area contributed by atoms with Crippen molar-refractivity contribution in [1.82, 2.24) is 4.57 Å². The Bertz CT molecular complexity index is 3570. The van der Waals surface area contributed by atoms with Crippen LogP contribution < -0.4 is 4.90 Å². The lowest BCUT2D eigenvalue weighted by Gasteiger charge is -2.26. The molecule has 64 heavy (non-hydrogen) atoms. The topological polar surface area (TPSA) is 8.17 Å². The molecule has 0 N–H and O–H groups in total. The number of nitrogens with zero attached hydrogens (tertiary/aromatic N) is 2. The molecule has 0 amide bonds. The van der Waals surface area contributed by atoms with Crippen LogP contribution in [0.15, 0.2) is 229 Å². The monoisotopic (exact) mass is 852 g/mol. The lowest BCUT2D eigenvalue weighted by molar-refractivity contribution is 0.817. The summed E-state index contributed by atoms with van der Waals surface area (Å²) in [6, 6.07) is 80.1. The second kappa shape index (κ2) is 15.2. The number of anilines is 3. The maximum Gasteiger partial charge on any atom is 0.0538 e. The van der Waals surface area contributed by atoms with E-state index in [-0.39, 0.29) is 0 Å². The molecule has 0 radical (unpaired) electrons. The molecule has 0 bridgehead atoms. The minimum atomic E-state index is 0.300. The Hall–Kier alpha value is -7.37. The predicted octanol–water partition coefficient (Wildman–Crippen LogP) is 17.4. The third-order valence-corrected chi connectivity index (χ3v) is 15.9. The maximum absolute atomic E-state index is 2.45. The van der Waals surface area contributed by atoms with E-state index >= 15 is 0 Å². The van der Waals surface area contributed by atoms with Crippen LogP contribution in [-0.2, 0) is 0 Å². The van der Waals surface area contributed by atoms with Crippen LogP contribution in [0.4, 0.5) is 17.1 Å². The van der Waals surface area contributed by atoms with E-state index in [0.717, 1.165) is 17.1 Å². The number of rotatable bonds is 7. The summed E-state index contributed by atoms with van der Waals surface area (Å²) in [5, 5.41) is 4.29. The van der Waals surface area contributed by atoms with Crippen molar-refractivity contribution in [2.45, 2.75) is 16.1 Å². The minimum Gasteiger partial charge on any atom is -0.311 e. The number of hydrogen-bond donors (Lipinski definition) is 0. The van der Waals surface area contributed by atoms with Crippen molar-refractivity contribution in [1.29, 1.82) is 0 Å². The van der Waals surface area contributed by atoms with Gasteiger partial charge < -0.3 is 9.47 Å². The molecular formula is C60H40N2S2. The number of hydrogen-bond acceptors (Lipinski definition) is 3. The first-order chi connectivity index (χ1) is 31.7. The van der Waals surface area contributed by atoms with E-state index in [1.165, 1.54) is 91.9 Å². The van der Waals surface area contributed by atoms with Crippen LogP contribution in [0.5, 0.6) is 0 Å². The van der Waals surface area contributed by atoms with Crippen LogP contribution in [0.1, 0.15) is 28.0 Å². The molecule has 0 saturated heterocycles. The van der Waals surface area contributed by atoms with E-state index in [9.17, 15) is 0 Å². The summed E-state index contributed by atoms with van der Waals surface area (Å²) in [6.07, 6.45) is 4.82. The van der Waals surface area contributed by atoms with Gasteiger partial charge in [-0.2, -0.15) is 0 Å². The first-order valence-electron chi connectivity index (χ1n) is 22.0. The number of allylic oxidation sites excluding steroid dienone is 1. The number of thioether (sulfide) groups is 1. The van der Waals surface area contributed by atoms with Gasteiger partial charge in [-0.15, -0.1) is 23.1 Å². The Morgan fingerprint density at radius 3 is 1.73 bits per heavy atom. The van der Waals surface area contributed by atoms with Gasteiger partial charge in [0.05, 0.1) is 11.2 Å². The summed E-state index contributed by atoms with van der Waals surface area (Å²) in [5.41, 5.74) is 17.4. The second-order valence-corrected chi connectivity index (χ2v) is 19.0. The van der Waals surface area contributed by atoms with Gasteiger partial charge in [-0.25, -0.2) is 0 Å². The first-order valence-corrected chi connectivity index (χ1v) is 23.7. The van der Waals surface area contributed by atoms with E-state index in [1.807, 2.05) is 23.1 Å². The maximum atomic E-state index is 2.45. The molecule has 13 rings (SSSR count). The van der Waals surface area contributed by atoms with Crippen LogP contribution >= 0.6 is 23.1 Å². The molecule has 11 aromatic rings. The highest BCUT2D eigenvalue weighted by Gasteiger charge is 2.40. The average Bonchev–Trinajstić information content (AvgIpc) is 4.05. The van der Waals surface area contributed by atoms with Crippen molar-refractivity contribution >= 4 is 77.3 Å².